The van der Waals surface area contributed by atoms with Crippen LogP contribution >= 0.6 is 23.2 Å². The molecule has 2 nitrogen and oxygen atoms in total. The highest BCUT2D eigenvalue weighted by Gasteiger charge is 2.36. The van der Waals surface area contributed by atoms with Crippen molar-refractivity contribution < 1.29 is 9.90 Å². The molecule has 0 aromatic heterocycles. The summed E-state index contributed by atoms with van der Waals surface area (Å²) in [5, 5.41) is 10.6. The average Bonchev–Trinajstić information content (AvgIpc) is 2.38. The molecule has 0 fully saturated rings. The highest BCUT2D eigenvalue weighted by atomic mass is 35.5. The van der Waals surface area contributed by atoms with E-state index in [1.165, 1.54) is 0 Å². The molecule has 0 aliphatic rings. The van der Waals surface area contributed by atoms with E-state index in [2.05, 4.69) is 6.92 Å². The molecule has 4 heteroatoms. The zero-order valence-corrected chi connectivity index (χ0v) is 12.9. The lowest BCUT2D eigenvalue weighted by atomic mass is 9.75. The summed E-state index contributed by atoms with van der Waals surface area (Å²) < 4.78 is 0. The zero-order valence-electron chi connectivity index (χ0n) is 11.4. The number of carboxylic acid groups (broad SMARTS) is 1. The van der Waals surface area contributed by atoms with Gasteiger partial charge in [0, 0.05) is 0 Å². The van der Waals surface area contributed by atoms with Crippen LogP contribution in [0.5, 0.6) is 0 Å². The van der Waals surface area contributed by atoms with Gasteiger partial charge in [0.25, 0.3) is 0 Å². The van der Waals surface area contributed by atoms with Gasteiger partial charge >= 0.3 is 5.97 Å². The third-order valence-corrected chi connectivity index (χ3v) is 4.40. The van der Waals surface area contributed by atoms with Crippen LogP contribution in [0.4, 0.5) is 0 Å². The third-order valence-electron chi connectivity index (χ3n) is 3.67. The monoisotopic (exact) mass is 302 g/mol. The molecular formula is C15H20Cl2O2. The van der Waals surface area contributed by atoms with E-state index in [1.807, 2.05) is 13.0 Å². The predicted molar refractivity (Wildman–Crippen MR) is 80.1 cm³/mol. The molecule has 0 aliphatic carbocycles. The molecule has 0 heterocycles. The number of hydrogen-bond donors (Lipinski definition) is 1. The Morgan fingerprint density at radius 2 is 1.95 bits per heavy atom. The second-order valence-electron chi connectivity index (χ2n) is 4.97. The molecular weight excluding hydrogens is 283 g/mol. The van der Waals surface area contributed by atoms with Gasteiger partial charge in [-0.1, -0.05) is 56.0 Å². The topological polar surface area (TPSA) is 37.3 Å². The number of hydrogen-bond acceptors (Lipinski definition) is 1. The molecule has 1 rings (SSSR count). The first kappa shape index (κ1) is 16.3. The van der Waals surface area contributed by atoms with Crippen molar-refractivity contribution in [2.45, 2.75) is 46.0 Å². The van der Waals surface area contributed by atoms with Gasteiger partial charge in [-0.05, 0) is 37.0 Å². The van der Waals surface area contributed by atoms with Gasteiger partial charge in [0.05, 0.1) is 15.5 Å². The number of unbranched alkanes of at least 4 members (excludes halogenated alkanes) is 1. The summed E-state index contributed by atoms with van der Waals surface area (Å²) >= 11 is 11.9. The van der Waals surface area contributed by atoms with E-state index >= 15 is 0 Å². The molecule has 1 unspecified atom stereocenters. The molecule has 0 amide bonds. The molecule has 0 bridgehead atoms. The summed E-state index contributed by atoms with van der Waals surface area (Å²) in [4.78, 5) is 11.7. The maximum atomic E-state index is 11.7. The van der Waals surface area contributed by atoms with Crippen molar-refractivity contribution in [2.75, 3.05) is 0 Å². The SMILES string of the molecule is CCCCC(CC)(Cc1ccc(Cl)c(Cl)c1)C(=O)O. The van der Waals surface area contributed by atoms with Crippen LogP contribution in [0.2, 0.25) is 10.0 Å². The minimum Gasteiger partial charge on any atom is -0.481 e. The van der Waals surface area contributed by atoms with Crippen molar-refractivity contribution in [3.8, 4) is 0 Å². The van der Waals surface area contributed by atoms with Gasteiger partial charge in [-0.2, -0.15) is 0 Å². The molecule has 0 radical (unpaired) electrons. The Balaban J connectivity index is 2.98. The van der Waals surface area contributed by atoms with Crippen LogP contribution in [-0.2, 0) is 11.2 Å². The van der Waals surface area contributed by atoms with Crippen LogP contribution in [0.3, 0.4) is 0 Å². The molecule has 19 heavy (non-hydrogen) atoms. The summed E-state index contributed by atoms with van der Waals surface area (Å²) in [7, 11) is 0. The number of benzene rings is 1. The van der Waals surface area contributed by atoms with Crippen LogP contribution in [0.1, 0.15) is 45.1 Å². The average molecular weight is 303 g/mol. The van der Waals surface area contributed by atoms with Crippen molar-refractivity contribution in [3.63, 3.8) is 0 Å². The van der Waals surface area contributed by atoms with E-state index < -0.39 is 11.4 Å². The Kier molecular flexibility index (Phi) is 6.15. The molecule has 0 saturated heterocycles. The van der Waals surface area contributed by atoms with Crippen LogP contribution in [-0.4, -0.2) is 11.1 Å². The van der Waals surface area contributed by atoms with Gasteiger partial charge in [-0.25, -0.2) is 0 Å². The highest BCUT2D eigenvalue weighted by molar-refractivity contribution is 6.42. The van der Waals surface area contributed by atoms with Crippen LogP contribution in [0.15, 0.2) is 18.2 Å². The van der Waals surface area contributed by atoms with E-state index in [9.17, 15) is 9.90 Å². The molecule has 0 spiro atoms. The summed E-state index contributed by atoms with van der Waals surface area (Å²) in [5.41, 5.74) is 0.224. The fourth-order valence-electron chi connectivity index (χ4n) is 2.28. The molecule has 1 atom stereocenters. The van der Waals surface area contributed by atoms with E-state index in [0.717, 1.165) is 18.4 Å². The molecule has 0 aliphatic heterocycles. The van der Waals surface area contributed by atoms with Gasteiger partial charge in [-0.3, -0.25) is 4.79 Å². The zero-order chi connectivity index (χ0) is 14.5. The molecule has 106 valence electrons. The second-order valence-corrected chi connectivity index (χ2v) is 5.78. The first-order valence-corrected chi connectivity index (χ1v) is 7.38. The highest BCUT2D eigenvalue weighted by Crippen LogP contribution is 2.35. The van der Waals surface area contributed by atoms with Crippen molar-refractivity contribution in [1.82, 2.24) is 0 Å². The minimum atomic E-state index is -0.727. The second kappa shape index (κ2) is 7.16. The minimum absolute atomic E-state index is 0.477. The largest absolute Gasteiger partial charge is 0.481 e. The number of halogens is 2. The number of aliphatic carboxylic acids is 1. The summed E-state index contributed by atoms with van der Waals surface area (Å²) in [6, 6.07) is 5.35. The summed E-state index contributed by atoms with van der Waals surface area (Å²) in [5.74, 6) is -0.727. The summed E-state index contributed by atoms with van der Waals surface area (Å²) in [6.07, 6.45) is 3.71. The normalized spacial score (nSPS) is 14.1. The summed E-state index contributed by atoms with van der Waals surface area (Å²) in [6.45, 7) is 4.00. The van der Waals surface area contributed by atoms with Gasteiger partial charge in [0.1, 0.15) is 0 Å². The Morgan fingerprint density at radius 3 is 2.42 bits per heavy atom. The molecule has 0 saturated carbocycles. The van der Waals surface area contributed by atoms with Crippen molar-refractivity contribution in [2.24, 2.45) is 5.41 Å². The molecule has 1 aromatic rings. The maximum absolute atomic E-state index is 11.7. The van der Waals surface area contributed by atoms with Gasteiger partial charge < -0.3 is 5.11 Å². The van der Waals surface area contributed by atoms with Crippen molar-refractivity contribution in [3.05, 3.63) is 33.8 Å². The Hall–Kier alpha value is -0.730. The fourth-order valence-corrected chi connectivity index (χ4v) is 2.60. The lowest BCUT2D eigenvalue weighted by Gasteiger charge is -2.28. The Bertz CT molecular complexity index is 446. The van der Waals surface area contributed by atoms with Crippen LogP contribution < -0.4 is 0 Å². The molecule has 1 N–H and O–H groups in total. The third kappa shape index (κ3) is 4.12. The smallest absolute Gasteiger partial charge is 0.309 e. The maximum Gasteiger partial charge on any atom is 0.309 e. The Morgan fingerprint density at radius 1 is 1.26 bits per heavy atom. The number of carbonyl (C=O) groups is 1. The van der Waals surface area contributed by atoms with Gasteiger partial charge in [0.2, 0.25) is 0 Å². The van der Waals surface area contributed by atoms with Crippen LogP contribution in [0.25, 0.3) is 0 Å². The van der Waals surface area contributed by atoms with E-state index in [-0.39, 0.29) is 0 Å². The van der Waals surface area contributed by atoms with Crippen molar-refractivity contribution >= 4 is 29.2 Å². The number of rotatable bonds is 7. The standard InChI is InChI=1S/C15H20Cl2O2/c1-3-5-8-15(4-2,14(18)19)10-11-6-7-12(16)13(17)9-11/h6-7,9H,3-5,8,10H2,1-2H3,(H,18,19). The van der Waals surface area contributed by atoms with E-state index in [0.29, 0.717) is 29.3 Å². The van der Waals surface area contributed by atoms with E-state index in [4.69, 9.17) is 23.2 Å². The number of carboxylic acids is 1. The Labute approximate surface area is 124 Å². The lowest BCUT2D eigenvalue weighted by Crippen LogP contribution is -2.32. The molecule has 1 aromatic carbocycles. The predicted octanol–water partition coefficient (Wildman–Crippen LogP) is 5.21. The first-order chi connectivity index (χ1) is 8.95. The van der Waals surface area contributed by atoms with Crippen LogP contribution in [0, 0.1) is 5.41 Å². The fraction of sp³-hybridized carbons (Fsp3) is 0.533. The van der Waals surface area contributed by atoms with Gasteiger partial charge in [-0.15, -0.1) is 0 Å². The quantitative estimate of drug-likeness (QED) is 0.751. The van der Waals surface area contributed by atoms with Gasteiger partial charge in [0.15, 0.2) is 0 Å². The first-order valence-electron chi connectivity index (χ1n) is 6.62. The van der Waals surface area contributed by atoms with Crippen molar-refractivity contribution in [1.29, 1.82) is 0 Å². The lowest BCUT2D eigenvalue weighted by molar-refractivity contribution is -0.149. The van der Waals surface area contributed by atoms with E-state index in [1.54, 1.807) is 12.1 Å².